The highest BCUT2D eigenvalue weighted by atomic mass is 16.5. The van der Waals surface area contributed by atoms with Crippen LogP contribution in [0.3, 0.4) is 0 Å². The zero-order chi connectivity index (χ0) is 8.27. The molecule has 0 aliphatic heterocycles. The maximum Gasteiger partial charge on any atom is 0.235 e. The minimum Gasteiger partial charge on any atom is -0.497 e. The molecule has 3 heteroatoms. The molecule has 58 valence electrons. The number of ether oxygens (including phenoxy) is 1. The highest BCUT2D eigenvalue weighted by Crippen LogP contribution is 2.14. The SMILES string of the molecule is [CH2+][C@@H](O)c1cc(OC)ccn1. The fourth-order valence-electron chi connectivity index (χ4n) is 0.737. The Balaban J connectivity index is 2.91. The predicted molar refractivity (Wildman–Crippen MR) is 41.1 cm³/mol. The van der Waals surface area contributed by atoms with Gasteiger partial charge < -0.3 is 9.84 Å². The van der Waals surface area contributed by atoms with Crippen molar-refractivity contribution in [3.8, 4) is 5.75 Å². The summed E-state index contributed by atoms with van der Waals surface area (Å²) in [5, 5.41) is 9.01. The molecule has 1 aromatic rings. The van der Waals surface area contributed by atoms with Crippen LogP contribution in [0.2, 0.25) is 0 Å². The van der Waals surface area contributed by atoms with E-state index in [2.05, 4.69) is 11.9 Å². The fraction of sp³-hybridized carbons (Fsp3) is 0.250. The van der Waals surface area contributed by atoms with Gasteiger partial charge in [-0.2, -0.15) is 0 Å². The molecule has 1 atom stereocenters. The summed E-state index contributed by atoms with van der Waals surface area (Å²) < 4.78 is 4.93. The van der Waals surface area contributed by atoms with Gasteiger partial charge in [-0.25, -0.2) is 0 Å². The number of hydrogen-bond acceptors (Lipinski definition) is 3. The van der Waals surface area contributed by atoms with E-state index in [-0.39, 0.29) is 0 Å². The number of aliphatic hydroxyl groups is 1. The van der Waals surface area contributed by atoms with Gasteiger partial charge >= 0.3 is 0 Å². The Morgan fingerprint density at radius 3 is 3.00 bits per heavy atom. The van der Waals surface area contributed by atoms with Gasteiger partial charge in [-0.05, 0) is 6.07 Å². The number of rotatable bonds is 2. The molecular formula is C8H10NO2+. The molecule has 0 bridgehead atoms. The lowest BCUT2D eigenvalue weighted by atomic mass is 10.2. The molecule has 1 rings (SSSR count). The van der Waals surface area contributed by atoms with Crippen LogP contribution in [0.15, 0.2) is 18.3 Å². The molecule has 0 saturated heterocycles. The Morgan fingerprint density at radius 1 is 1.73 bits per heavy atom. The molecule has 0 aliphatic rings. The van der Waals surface area contributed by atoms with Crippen LogP contribution in [-0.4, -0.2) is 17.2 Å². The number of aromatic nitrogens is 1. The first kappa shape index (κ1) is 7.88. The van der Waals surface area contributed by atoms with Gasteiger partial charge in [-0.15, -0.1) is 0 Å². The van der Waals surface area contributed by atoms with Crippen molar-refractivity contribution >= 4 is 0 Å². The number of methoxy groups -OCH3 is 1. The van der Waals surface area contributed by atoms with Gasteiger partial charge in [0.2, 0.25) is 6.10 Å². The molecule has 1 heterocycles. The van der Waals surface area contributed by atoms with Gasteiger partial charge in [0, 0.05) is 12.3 Å². The van der Waals surface area contributed by atoms with Crippen molar-refractivity contribution in [3.63, 3.8) is 0 Å². The smallest absolute Gasteiger partial charge is 0.235 e. The quantitative estimate of drug-likeness (QED) is 0.642. The lowest BCUT2D eigenvalue weighted by Gasteiger charge is -2.00. The van der Waals surface area contributed by atoms with Gasteiger partial charge in [0.25, 0.3) is 0 Å². The Hall–Kier alpha value is -1.22. The second-order valence-electron chi connectivity index (χ2n) is 2.14. The summed E-state index contributed by atoms with van der Waals surface area (Å²) in [5.74, 6) is 0.678. The first-order valence-electron chi connectivity index (χ1n) is 3.25. The largest absolute Gasteiger partial charge is 0.497 e. The van der Waals surface area contributed by atoms with Crippen LogP contribution in [0, 0.1) is 6.92 Å². The van der Waals surface area contributed by atoms with Gasteiger partial charge in [0.1, 0.15) is 11.4 Å². The van der Waals surface area contributed by atoms with E-state index < -0.39 is 6.10 Å². The standard InChI is InChI=1S/C8H10NO2/c1-6(10)8-5-7(11-2)3-4-9-8/h3-6,10H,1H2,2H3/q+1/t6-/m1/s1. The predicted octanol–water partition coefficient (Wildman–Crippen LogP) is 0.958. The summed E-state index contributed by atoms with van der Waals surface area (Å²) in [4.78, 5) is 3.89. The zero-order valence-electron chi connectivity index (χ0n) is 6.32. The lowest BCUT2D eigenvalue weighted by Crippen LogP contribution is -1.95. The summed E-state index contributed by atoms with van der Waals surface area (Å²) in [6.07, 6.45) is 0.785. The molecule has 0 spiro atoms. The molecule has 0 radical (unpaired) electrons. The molecule has 0 aliphatic carbocycles. The molecule has 3 nitrogen and oxygen atoms in total. The lowest BCUT2D eigenvalue weighted by molar-refractivity contribution is 0.220. The third-order valence-electron chi connectivity index (χ3n) is 1.33. The number of nitrogens with zero attached hydrogens (tertiary/aromatic N) is 1. The first-order valence-corrected chi connectivity index (χ1v) is 3.25. The van der Waals surface area contributed by atoms with Gasteiger partial charge in [0.05, 0.1) is 14.0 Å². The highest BCUT2D eigenvalue weighted by Gasteiger charge is 2.08. The highest BCUT2D eigenvalue weighted by molar-refractivity contribution is 5.23. The average molecular weight is 152 g/mol. The maximum absolute atomic E-state index is 9.01. The maximum atomic E-state index is 9.01. The Labute approximate surface area is 65.7 Å². The number of aliphatic hydroxyl groups excluding tert-OH is 1. The average Bonchev–Trinajstić information content (AvgIpc) is 2.05. The van der Waals surface area contributed by atoms with Crippen LogP contribution >= 0.6 is 0 Å². The monoisotopic (exact) mass is 152 g/mol. The van der Waals surface area contributed by atoms with Crippen LogP contribution in [0.4, 0.5) is 0 Å². The molecule has 1 N–H and O–H groups in total. The molecule has 0 amide bonds. The van der Waals surface area contributed by atoms with E-state index in [1.807, 2.05) is 0 Å². The minimum absolute atomic E-state index is 0.518. The summed E-state index contributed by atoms with van der Waals surface area (Å²) in [6, 6.07) is 3.36. The third kappa shape index (κ3) is 1.85. The van der Waals surface area contributed by atoms with Crippen LogP contribution in [-0.2, 0) is 0 Å². The van der Waals surface area contributed by atoms with Gasteiger partial charge in [0.15, 0.2) is 0 Å². The van der Waals surface area contributed by atoms with Gasteiger partial charge in [-0.1, -0.05) is 0 Å². The number of hydrogen-bond donors (Lipinski definition) is 1. The molecular weight excluding hydrogens is 142 g/mol. The zero-order valence-corrected chi connectivity index (χ0v) is 6.32. The van der Waals surface area contributed by atoms with E-state index in [0.717, 1.165) is 0 Å². The van der Waals surface area contributed by atoms with Crippen LogP contribution in [0.25, 0.3) is 0 Å². The summed E-state index contributed by atoms with van der Waals surface area (Å²) in [5.41, 5.74) is 0.518. The summed E-state index contributed by atoms with van der Waals surface area (Å²) >= 11 is 0. The van der Waals surface area contributed by atoms with E-state index in [0.29, 0.717) is 11.4 Å². The van der Waals surface area contributed by atoms with Crippen molar-refractivity contribution < 1.29 is 9.84 Å². The van der Waals surface area contributed by atoms with E-state index in [1.54, 1.807) is 25.4 Å². The van der Waals surface area contributed by atoms with Crippen molar-refractivity contribution in [2.45, 2.75) is 6.10 Å². The number of pyridine rings is 1. The van der Waals surface area contributed by atoms with Crippen molar-refractivity contribution in [1.82, 2.24) is 4.98 Å². The topological polar surface area (TPSA) is 42.4 Å². The van der Waals surface area contributed by atoms with E-state index in [9.17, 15) is 0 Å². The molecule has 1 aromatic heterocycles. The fourth-order valence-corrected chi connectivity index (χ4v) is 0.737. The van der Waals surface area contributed by atoms with Crippen molar-refractivity contribution in [2.24, 2.45) is 0 Å². The molecule has 0 unspecified atom stereocenters. The minimum atomic E-state index is -0.787. The second kappa shape index (κ2) is 3.25. The second-order valence-corrected chi connectivity index (χ2v) is 2.14. The van der Waals surface area contributed by atoms with E-state index in [4.69, 9.17) is 9.84 Å². The normalized spacial score (nSPS) is 12.5. The van der Waals surface area contributed by atoms with Crippen molar-refractivity contribution in [2.75, 3.05) is 7.11 Å². The third-order valence-corrected chi connectivity index (χ3v) is 1.33. The molecule has 0 aromatic carbocycles. The van der Waals surface area contributed by atoms with E-state index >= 15 is 0 Å². The van der Waals surface area contributed by atoms with Crippen LogP contribution in [0.1, 0.15) is 11.8 Å². The Kier molecular flexibility index (Phi) is 2.33. The Morgan fingerprint density at radius 2 is 2.45 bits per heavy atom. The molecule has 11 heavy (non-hydrogen) atoms. The molecule has 0 saturated carbocycles. The molecule has 0 fully saturated rings. The van der Waals surface area contributed by atoms with Gasteiger partial charge in [-0.3, -0.25) is 4.98 Å². The summed E-state index contributed by atoms with van der Waals surface area (Å²) in [7, 11) is 1.56. The van der Waals surface area contributed by atoms with Crippen LogP contribution in [0.5, 0.6) is 5.75 Å². The van der Waals surface area contributed by atoms with Crippen molar-refractivity contribution in [3.05, 3.63) is 30.9 Å². The van der Waals surface area contributed by atoms with E-state index in [1.165, 1.54) is 0 Å². The van der Waals surface area contributed by atoms with Crippen molar-refractivity contribution in [1.29, 1.82) is 0 Å². The summed E-state index contributed by atoms with van der Waals surface area (Å²) in [6.45, 7) is 3.42. The Bertz CT molecular complexity index is 235. The van der Waals surface area contributed by atoms with Crippen LogP contribution < -0.4 is 4.74 Å². The first-order chi connectivity index (χ1) is 5.24.